The SMILES string of the molecule is O=C(Nc1cc(C(F)(F)F)ccc1S(=O)(=O)Cc1ccccc1)NC(Cc1ccc(NC(=O)c2c(Cl)cccc2Cl)cc1)C(=O)O. The van der Waals surface area contributed by atoms with E-state index in [1.807, 2.05) is 0 Å². The van der Waals surface area contributed by atoms with Gasteiger partial charge in [-0.1, -0.05) is 71.7 Å². The summed E-state index contributed by atoms with van der Waals surface area (Å²) >= 11 is 12.1. The Morgan fingerprint density at radius 2 is 1.43 bits per heavy atom. The molecule has 4 N–H and O–H groups in total. The minimum Gasteiger partial charge on any atom is -0.480 e. The largest absolute Gasteiger partial charge is 0.480 e. The summed E-state index contributed by atoms with van der Waals surface area (Å²) in [6, 6.07) is 17.4. The van der Waals surface area contributed by atoms with E-state index in [4.69, 9.17) is 23.2 Å². The van der Waals surface area contributed by atoms with Gasteiger partial charge >= 0.3 is 18.2 Å². The molecule has 9 nitrogen and oxygen atoms in total. The van der Waals surface area contributed by atoms with E-state index in [9.17, 15) is 41.1 Å². The van der Waals surface area contributed by atoms with Crippen LogP contribution in [0.3, 0.4) is 0 Å². The first-order chi connectivity index (χ1) is 21.6. The molecule has 3 amide bonds. The molecular formula is C31H24Cl2F3N3O6S. The molecule has 4 rings (SSSR count). The number of carbonyl (C=O) groups excluding carboxylic acids is 2. The van der Waals surface area contributed by atoms with Crippen LogP contribution in [0.15, 0.2) is 95.9 Å². The third-order valence-electron chi connectivity index (χ3n) is 6.53. The minimum atomic E-state index is -4.86. The van der Waals surface area contributed by atoms with Crippen LogP contribution in [0, 0.1) is 0 Å². The fraction of sp³-hybridized carbons (Fsp3) is 0.129. The van der Waals surface area contributed by atoms with Crippen molar-refractivity contribution in [1.29, 1.82) is 0 Å². The van der Waals surface area contributed by atoms with E-state index >= 15 is 0 Å². The summed E-state index contributed by atoms with van der Waals surface area (Å²) in [5.41, 5.74) is -0.732. The summed E-state index contributed by atoms with van der Waals surface area (Å²) in [5.74, 6) is -2.61. The van der Waals surface area contributed by atoms with Crippen molar-refractivity contribution in [3.63, 3.8) is 0 Å². The highest BCUT2D eigenvalue weighted by Crippen LogP contribution is 2.34. The lowest BCUT2D eigenvalue weighted by atomic mass is 10.1. The highest BCUT2D eigenvalue weighted by Gasteiger charge is 2.33. The van der Waals surface area contributed by atoms with Crippen LogP contribution in [-0.2, 0) is 33.0 Å². The number of sulfone groups is 1. The van der Waals surface area contributed by atoms with E-state index in [2.05, 4.69) is 16.0 Å². The van der Waals surface area contributed by atoms with E-state index in [-0.39, 0.29) is 22.0 Å². The zero-order valence-corrected chi connectivity index (χ0v) is 25.8. The molecule has 0 radical (unpaired) electrons. The van der Waals surface area contributed by atoms with Gasteiger partial charge in [-0.15, -0.1) is 0 Å². The number of hydrogen-bond acceptors (Lipinski definition) is 5. The molecule has 0 aliphatic carbocycles. The Balaban J connectivity index is 1.49. The maximum atomic E-state index is 13.5. The second-order valence-corrected chi connectivity index (χ2v) is 12.7. The van der Waals surface area contributed by atoms with Crippen LogP contribution in [0.25, 0.3) is 0 Å². The molecule has 1 unspecified atom stereocenters. The molecule has 4 aromatic rings. The second kappa shape index (κ2) is 14.2. The topological polar surface area (TPSA) is 142 Å². The quantitative estimate of drug-likeness (QED) is 0.140. The lowest BCUT2D eigenvalue weighted by Gasteiger charge is -2.18. The van der Waals surface area contributed by atoms with Crippen LogP contribution < -0.4 is 16.0 Å². The Labute approximate surface area is 271 Å². The Kier molecular flexibility index (Phi) is 10.6. The molecule has 240 valence electrons. The number of anilines is 2. The molecule has 0 aliphatic rings. The maximum Gasteiger partial charge on any atom is 0.416 e. The van der Waals surface area contributed by atoms with Gasteiger partial charge in [-0.2, -0.15) is 13.2 Å². The van der Waals surface area contributed by atoms with Gasteiger partial charge in [-0.05, 0) is 53.6 Å². The number of aliphatic carboxylic acids is 1. The standard InChI is InChI=1S/C31H24Cl2F3N3O6S/c32-22-7-4-8-23(33)27(22)28(40)37-21-12-9-18(10-13-21)15-25(29(41)42)39-30(43)38-24-16-20(31(34,35)36)11-14-26(24)46(44,45)17-19-5-2-1-3-6-19/h1-14,16,25H,15,17H2,(H,37,40)(H,41,42)(H2,38,39,43). The third kappa shape index (κ3) is 8.77. The van der Waals surface area contributed by atoms with Crippen LogP contribution in [0.4, 0.5) is 29.3 Å². The Bertz CT molecular complexity index is 1850. The van der Waals surface area contributed by atoms with Crippen molar-refractivity contribution in [2.45, 2.75) is 29.3 Å². The summed E-state index contributed by atoms with van der Waals surface area (Å²) in [6.07, 6.45) is -5.13. The lowest BCUT2D eigenvalue weighted by Crippen LogP contribution is -2.44. The van der Waals surface area contributed by atoms with Crippen molar-refractivity contribution in [3.8, 4) is 0 Å². The van der Waals surface area contributed by atoms with Gasteiger partial charge < -0.3 is 21.1 Å². The Morgan fingerprint density at radius 1 is 0.804 bits per heavy atom. The van der Waals surface area contributed by atoms with Crippen molar-refractivity contribution < 1.29 is 41.1 Å². The molecule has 46 heavy (non-hydrogen) atoms. The monoisotopic (exact) mass is 693 g/mol. The molecule has 0 heterocycles. The van der Waals surface area contributed by atoms with Gasteiger partial charge in [0.2, 0.25) is 0 Å². The number of nitrogens with one attached hydrogen (secondary N) is 3. The number of hydrogen-bond donors (Lipinski definition) is 4. The van der Waals surface area contributed by atoms with Crippen LogP contribution in [0.1, 0.15) is 27.0 Å². The first-order valence-corrected chi connectivity index (χ1v) is 15.7. The number of urea groups is 1. The second-order valence-electron chi connectivity index (χ2n) is 9.89. The van der Waals surface area contributed by atoms with Crippen LogP contribution in [-0.4, -0.2) is 37.5 Å². The van der Waals surface area contributed by atoms with E-state index < -0.39 is 61.9 Å². The number of carboxylic acid groups (broad SMARTS) is 1. The fourth-order valence-electron chi connectivity index (χ4n) is 4.33. The van der Waals surface area contributed by atoms with Gasteiger partial charge in [0.1, 0.15) is 6.04 Å². The highest BCUT2D eigenvalue weighted by molar-refractivity contribution is 7.90. The van der Waals surface area contributed by atoms with Gasteiger partial charge in [0.15, 0.2) is 9.84 Å². The van der Waals surface area contributed by atoms with Crippen LogP contribution in [0.5, 0.6) is 0 Å². The molecule has 0 aromatic heterocycles. The zero-order valence-electron chi connectivity index (χ0n) is 23.4. The molecule has 0 spiro atoms. The highest BCUT2D eigenvalue weighted by atomic mass is 35.5. The molecule has 0 fully saturated rings. The molecule has 0 bridgehead atoms. The van der Waals surface area contributed by atoms with Gasteiger partial charge in [-0.3, -0.25) is 4.79 Å². The van der Waals surface area contributed by atoms with Crippen LogP contribution in [0.2, 0.25) is 10.0 Å². The van der Waals surface area contributed by atoms with E-state index in [0.717, 1.165) is 6.07 Å². The summed E-state index contributed by atoms with van der Waals surface area (Å²) in [4.78, 5) is 36.9. The number of carbonyl (C=O) groups is 3. The average molecular weight is 695 g/mol. The fourth-order valence-corrected chi connectivity index (χ4v) is 6.41. The molecule has 0 saturated heterocycles. The Hall–Kier alpha value is -4.59. The number of amides is 3. The smallest absolute Gasteiger partial charge is 0.416 e. The number of alkyl halides is 3. The number of benzene rings is 4. The first-order valence-electron chi connectivity index (χ1n) is 13.3. The number of rotatable bonds is 10. The molecule has 4 aromatic carbocycles. The predicted molar refractivity (Wildman–Crippen MR) is 167 cm³/mol. The normalized spacial score (nSPS) is 12.2. The van der Waals surface area contributed by atoms with Gasteiger partial charge in [0.25, 0.3) is 5.91 Å². The third-order valence-corrected chi connectivity index (χ3v) is 8.90. The summed E-state index contributed by atoms with van der Waals surface area (Å²) in [7, 11) is -4.25. The first kappa shape index (κ1) is 34.3. The summed E-state index contributed by atoms with van der Waals surface area (Å²) < 4.78 is 66.7. The molecule has 1 atom stereocenters. The van der Waals surface area contributed by atoms with Crippen molar-refractivity contribution >= 4 is 62.3 Å². The van der Waals surface area contributed by atoms with Crippen LogP contribution >= 0.6 is 23.2 Å². The minimum absolute atomic E-state index is 0.0628. The van der Waals surface area contributed by atoms with Crippen molar-refractivity contribution in [2.24, 2.45) is 0 Å². The van der Waals surface area contributed by atoms with E-state index in [1.165, 1.54) is 48.5 Å². The molecule has 15 heteroatoms. The number of carboxylic acids is 1. The molecule has 0 saturated carbocycles. The molecule has 0 aliphatic heterocycles. The number of halogens is 5. The zero-order chi connectivity index (χ0) is 33.6. The van der Waals surface area contributed by atoms with E-state index in [0.29, 0.717) is 28.9 Å². The van der Waals surface area contributed by atoms with Gasteiger partial charge in [-0.25, -0.2) is 18.0 Å². The average Bonchev–Trinajstić information content (AvgIpc) is 2.97. The van der Waals surface area contributed by atoms with Crippen molar-refractivity contribution in [3.05, 3.63) is 123 Å². The van der Waals surface area contributed by atoms with Crippen molar-refractivity contribution in [1.82, 2.24) is 5.32 Å². The summed E-state index contributed by atoms with van der Waals surface area (Å²) in [5, 5.41) is 16.9. The summed E-state index contributed by atoms with van der Waals surface area (Å²) in [6.45, 7) is 0. The Morgan fingerprint density at radius 3 is 2.02 bits per heavy atom. The predicted octanol–water partition coefficient (Wildman–Crippen LogP) is 7.06. The maximum absolute atomic E-state index is 13.5. The van der Waals surface area contributed by atoms with E-state index in [1.54, 1.807) is 24.3 Å². The molecular weight excluding hydrogens is 670 g/mol. The van der Waals surface area contributed by atoms with Gasteiger partial charge in [0, 0.05) is 12.1 Å². The van der Waals surface area contributed by atoms with Gasteiger partial charge in [0.05, 0.1) is 37.5 Å². The lowest BCUT2D eigenvalue weighted by molar-refractivity contribution is -0.139. The van der Waals surface area contributed by atoms with Crippen molar-refractivity contribution in [2.75, 3.05) is 10.6 Å².